The van der Waals surface area contributed by atoms with Crippen molar-refractivity contribution in [3.8, 4) is 0 Å². The van der Waals surface area contributed by atoms with Crippen molar-refractivity contribution >= 4 is 33.7 Å². The van der Waals surface area contributed by atoms with Gasteiger partial charge < -0.3 is 20.8 Å². The predicted octanol–water partition coefficient (Wildman–Crippen LogP) is 1.69. The first-order chi connectivity index (χ1) is 12.4. The van der Waals surface area contributed by atoms with Crippen LogP contribution in [0.25, 0.3) is 0 Å². The molecule has 0 heterocycles. The van der Waals surface area contributed by atoms with Crippen LogP contribution >= 0.6 is 15.9 Å². The van der Waals surface area contributed by atoms with Gasteiger partial charge in [-0.25, -0.2) is 4.79 Å². The van der Waals surface area contributed by atoms with E-state index < -0.39 is 30.6 Å². The molecule has 0 bridgehead atoms. The van der Waals surface area contributed by atoms with Crippen LogP contribution in [0.5, 0.6) is 0 Å². The van der Waals surface area contributed by atoms with Gasteiger partial charge in [-0.15, -0.1) is 0 Å². The van der Waals surface area contributed by atoms with Crippen LogP contribution in [0, 0.1) is 5.92 Å². The van der Waals surface area contributed by atoms with E-state index in [1.165, 1.54) is 0 Å². The minimum absolute atomic E-state index is 0.0590. The Hall–Kier alpha value is -1.93. The Balaban J connectivity index is 2.14. The quantitative estimate of drug-likeness (QED) is 0.529. The minimum Gasteiger partial charge on any atom is -0.480 e. The fourth-order valence-electron chi connectivity index (χ4n) is 3.14. The Morgan fingerprint density at radius 3 is 2.23 bits per heavy atom. The maximum atomic E-state index is 12.6. The number of carboxylic acid groups (broad SMARTS) is 1. The number of carbonyl (C=O) groups is 3. The second-order valence-electron chi connectivity index (χ2n) is 6.44. The van der Waals surface area contributed by atoms with E-state index in [4.69, 9.17) is 10.2 Å². The van der Waals surface area contributed by atoms with Gasteiger partial charge in [-0.05, 0) is 43.0 Å². The monoisotopic (exact) mass is 426 g/mol. The van der Waals surface area contributed by atoms with E-state index in [9.17, 15) is 14.4 Å². The summed E-state index contributed by atoms with van der Waals surface area (Å²) < 4.78 is 0.836. The molecule has 0 spiro atoms. The SMILES string of the molecule is O=C(NC(C(=O)N[C@@H](CO)C(=O)O)C1CCCCC1)c1ccc(Br)cc1. The number of aliphatic hydroxyl groups excluding tert-OH is 1. The van der Waals surface area contributed by atoms with Gasteiger partial charge in [0.1, 0.15) is 12.1 Å². The van der Waals surface area contributed by atoms with E-state index in [-0.39, 0.29) is 11.8 Å². The maximum absolute atomic E-state index is 12.6. The molecule has 0 aromatic heterocycles. The van der Waals surface area contributed by atoms with Crippen LogP contribution in [0.4, 0.5) is 0 Å². The highest BCUT2D eigenvalue weighted by molar-refractivity contribution is 9.10. The summed E-state index contributed by atoms with van der Waals surface area (Å²) in [5.41, 5.74) is 0.416. The van der Waals surface area contributed by atoms with Crippen molar-refractivity contribution in [1.29, 1.82) is 0 Å². The van der Waals surface area contributed by atoms with Gasteiger partial charge in [0.25, 0.3) is 5.91 Å². The lowest BCUT2D eigenvalue weighted by molar-refractivity contribution is -0.143. The molecule has 0 radical (unpaired) electrons. The number of benzene rings is 1. The van der Waals surface area contributed by atoms with Crippen LogP contribution in [-0.4, -0.2) is 46.7 Å². The fourth-order valence-corrected chi connectivity index (χ4v) is 3.40. The molecule has 0 saturated heterocycles. The molecule has 1 aromatic rings. The number of aliphatic hydroxyl groups is 1. The van der Waals surface area contributed by atoms with Crippen molar-refractivity contribution in [3.63, 3.8) is 0 Å². The molecule has 1 aromatic carbocycles. The average Bonchev–Trinajstić information content (AvgIpc) is 2.64. The molecule has 1 aliphatic carbocycles. The fraction of sp³-hybridized carbons (Fsp3) is 0.500. The maximum Gasteiger partial charge on any atom is 0.328 e. The van der Waals surface area contributed by atoms with Gasteiger partial charge >= 0.3 is 5.97 Å². The van der Waals surface area contributed by atoms with Gasteiger partial charge in [0.2, 0.25) is 5.91 Å². The molecule has 2 atom stereocenters. The Morgan fingerprint density at radius 1 is 1.08 bits per heavy atom. The summed E-state index contributed by atoms with van der Waals surface area (Å²) in [5, 5.41) is 23.2. The van der Waals surface area contributed by atoms with Crippen molar-refractivity contribution in [1.82, 2.24) is 10.6 Å². The topological polar surface area (TPSA) is 116 Å². The molecule has 7 nitrogen and oxygen atoms in total. The van der Waals surface area contributed by atoms with Gasteiger partial charge in [0.15, 0.2) is 0 Å². The molecule has 1 fully saturated rings. The molecular weight excluding hydrogens is 404 g/mol. The third kappa shape index (κ3) is 5.54. The molecule has 1 saturated carbocycles. The second kappa shape index (κ2) is 9.68. The molecule has 4 N–H and O–H groups in total. The molecule has 1 aliphatic rings. The summed E-state index contributed by atoms with van der Waals surface area (Å²) in [7, 11) is 0. The summed E-state index contributed by atoms with van der Waals surface area (Å²) in [5.74, 6) is -2.35. The normalized spacial score (nSPS) is 17.2. The van der Waals surface area contributed by atoms with Gasteiger partial charge in [-0.2, -0.15) is 0 Å². The summed E-state index contributed by atoms with van der Waals surface area (Å²) in [6.07, 6.45) is 4.58. The van der Waals surface area contributed by atoms with Crippen LogP contribution in [0.2, 0.25) is 0 Å². The third-order valence-corrected chi connectivity index (χ3v) is 5.12. The molecule has 26 heavy (non-hydrogen) atoms. The van der Waals surface area contributed by atoms with Crippen LogP contribution < -0.4 is 10.6 Å². The number of hydrogen-bond acceptors (Lipinski definition) is 4. The molecule has 2 amide bonds. The lowest BCUT2D eigenvalue weighted by atomic mass is 9.83. The Bertz CT molecular complexity index is 643. The smallest absolute Gasteiger partial charge is 0.328 e. The largest absolute Gasteiger partial charge is 0.480 e. The van der Waals surface area contributed by atoms with Crippen LogP contribution in [0.3, 0.4) is 0 Å². The van der Waals surface area contributed by atoms with Crippen LogP contribution in [0.15, 0.2) is 28.7 Å². The highest BCUT2D eigenvalue weighted by Crippen LogP contribution is 2.27. The Morgan fingerprint density at radius 2 is 1.69 bits per heavy atom. The predicted molar refractivity (Wildman–Crippen MR) is 98.6 cm³/mol. The van der Waals surface area contributed by atoms with Gasteiger partial charge in [-0.3, -0.25) is 9.59 Å². The first-order valence-corrected chi connectivity index (χ1v) is 9.42. The minimum atomic E-state index is -1.39. The number of carbonyl (C=O) groups excluding carboxylic acids is 2. The number of rotatable bonds is 7. The Kier molecular flexibility index (Phi) is 7.59. The van der Waals surface area contributed by atoms with Crippen LogP contribution in [0.1, 0.15) is 42.5 Å². The summed E-state index contributed by atoms with van der Waals surface area (Å²) in [6.45, 7) is -0.709. The van der Waals surface area contributed by atoms with E-state index in [1.54, 1.807) is 24.3 Å². The first-order valence-electron chi connectivity index (χ1n) is 8.63. The highest BCUT2D eigenvalue weighted by Gasteiger charge is 2.33. The van der Waals surface area contributed by atoms with E-state index >= 15 is 0 Å². The molecule has 142 valence electrons. The molecule has 1 unspecified atom stereocenters. The highest BCUT2D eigenvalue weighted by atomic mass is 79.9. The van der Waals surface area contributed by atoms with Crippen molar-refractivity contribution in [2.24, 2.45) is 5.92 Å². The number of nitrogens with one attached hydrogen (secondary N) is 2. The molecule has 0 aliphatic heterocycles. The van der Waals surface area contributed by atoms with Crippen molar-refractivity contribution < 1.29 is 24.6 Å². The zero-order valence-electron chi connectivity index (χ0n) is 14.3. The zero-order valence-corrected chi connectivity index (χ0v) is 15.9. The lowest BCUT2D eigenvalue weighted by Gasteiger charge is -2.30. The first kappa shape index (κ1) is 20.4. The molecular formula is C18H23BrN2O5. The van der Waals surface area contributed by atoms with E-state index in [0.29, 0.717) is 5.56 Å². The number of hydrogen-bond donors (Lipinski definition) is 4. The number of amides is 2. The third-order valence-electron chi connectivity index (χ3n) is 4.59. The molecule has 8 heteroatoms. The van der Waals surface area contributed by atoms with Crippen molar-refractivity contribution in [2.75, 3.05) is 6.61 Å². The van der Waals surface area contributed by atoms with E-state index in [1.807, 2.05) is 0 Å². The summed E-state index contributed by atoms with van der Waals surface area (Å²) in [6, 6.07) is 4.53. The number of halogens is 1. The summed E-state index contributed by atoms with van der Waals surface area (Å²) >= 11 is 3.30. The van der Waals surface area contributed by atoms with Gasteiger partial charge in [-0.1, -0.05) is 35.2 Å². The zero-order chi connectivity index (χ0) is 19.1. The lowest BCUT2D eigenvalue weighted by Crippen LogP contribution is -2.55. The van der Waals surface area contributed by atoms with Gasteiger partial charge in [0.05, 0.1) is 6.61 Å². The summed E-state index contributed by atoms with van der Waals surface area (Å²) in [4.78, 5) is 36.2. The Labute approximate surface area is 160 Å². The van der Waals surface area contributed by atoms with Crippen molar-refractivity contribution in [2.45, 2.75) is 44.2 Å². The number of aliphatic carboxylic acids is 1. The van der Waals surface area contributed by atoms with E-state index in [0.717, 1.165) is 36.6 Å². The van der Waals surface area contributed by atoms with Crippen molar-refractivity contribution in [3.05, 3.63) is 34.3 Å². The number of carboxylic acids is 1. The van der Waals surface area contributed by atoms with E-state index in [2.05, 4.69) is 26.6 Å². The average molecular weight is 427 g/mol. The standard InChI is InChI=1S/C18H23BrN2O5/c19-13-8-6-12(7-9-13)16(23)21-15(11-4-2-1-3-5-11)17(24)20-14(10-22)18(25)26/h6-9,11,14-15,22H,1-5,10H2,(H,20,24)(H,21,23)(H,25,26)/t14-,15?/m0/s1. The second-order valence-corrected chi connectivity index (χ2v) is 7.35. The van der Waals surface area contributed by atoms with Gasteiger partial charge in [0, 0.05) is 10.0 Å². The van der Waals surface area contributed by atoms with Crippen LogP contribution in [-0.2, 0) is 9.59 Å². The molecule has 2 rings (SSSR count).